The first-order valence-corrected chi connectivity index (χ1v) is 8.60. The topological polar surface area (TPSA) is 97.6 Å². The number of anilines is 1. The van der Waals surface area contributed by atoms with Crippen LogP contribution in [-0.4, -0.2) is 42.1 Å². The fraction of sp³-hybridized carbons (Fsp3) is 0.263. The molecule has 0 bridgehead atoms. The Morgan fingerprint density at radius 1 is 1.30 bits per heavy atom. The number of rotatable bonds is 6. The number of amides is 1. The Bertz CT molecular complexity index is 847. The number of nitro benzene ring substituents is 1. The van der Waals surface area contributed by atoms with Crippen LogP contribution in [0, 0.1) is 10.1 Å². The number of carbonyl (C=O) groups is 1. The molecule has 1 fully saturated rings. The molecule has 27 heavy (non-hydrogen) atoms. The van der Waals surface area contributed by atoms with Crippen molar-refractivity contribution in [2.75, 3.05) is 31.2 Å². The van der Waals surface area contributed by atoms with Gasteiger partial charge in [-0.1, -0.05) is 18.2 Å². The predicted octanol–water partition coefficient (Wildman–Crippen LogP) is 2.16. The molecule has 0 aliphatic carbocycles. The van der Waals surface area contributed by atoms with Gasteiger partial charge >= 0.3 is 0 Å². The van der Waals surface area contributed by atoms with E-state index in [1.54, 1.807) is 24.4 Å². The highest BCUT2D eigenvalue weighted by molar-refractivity contribution is 5.91. The molecule has 1 saturated heterocycles. The largest absolute Gasteiger partial charge is 0.378 e. The average molecular weight is 368 g/mol. The van der Waals surface area contributed by atoms with Crippen LogP contribution in [0.25, 0.3) is 6.08 Å². The van der Waals surface area contributed by atoms with Gasteiger partial charge in [0.1, 0.15) is 5.82 Å². The first-order valence-electron chi connectivity index (χ1n) is 8.60. The number of nitrogens with zero attached hydrogens (tertiary/aromatic N) is 3. The predicted molar refractivity (Wildman–Crippen MR) is 101 cm³/mol. The van der Waals surface area contributed by atoms with Crippen molar-refractivity contribution in [3.63, 3.8) is 0 Å². The van der Waals surface area contributed by atoms with Crippen LogP contribution in [0.2, 0.25) is 0 Å². The first kappa shape index (κ1) is 18.5. The molecule has 1 aromatic heterocycles. The fourth-order valence-corrected chi connectivity index (χ4v) is 2.78. The van der Waals surface area contributed by atoms with Crippen molar-refractivity contribution >= 4 is 23.5 Å². The number of ether oxygens (including phenoxy) is 1. The van der Waals surface area contributed by atoms with E-state index in [9.17, 15) is 14.9 Å². The summed E-state index contributed by atoms with van der Waals surface area (Å²) in [4.78, 5) is 29.0. The third kappa shape index (κ3) is 5.11. The molecule has 0 atom stereocenters. The lowest BCUT2D eigenvalue weighted by molar-refractivity contribution is -0.384. The van der Waals surface area contributed by atoms with E-state index in [1.165, 1.54) is 18.2 Å². The van der Waals surface area contributed by atoms with E-state index in [4.69, 9.17) is 4.74 Å². The Hall–Kier alpha value is -3.26. The average Bonchev–Trinajstić information content (AvgIpc) is 2.72. The quantitative estimate of drug-likeness (QED) is 0.477. The zero-order chi connectivity index (χ0) is 19.1. The van der Waals surface area contributed by atoms with Gasteiger partial charge in [-0.25, -0.2) is 4.98 Å². The number of hydrogen-bond acceptors (Lipinski definition) is 6. The summed E-state index contributed by atoms with van der Waals surface area (Å²) >= 11 is 0. The normalized spacial score (nSPS) is 14.3. The molecule has 3 rings (SSSR count). The van der Waals surface area contributed by atoms with E-state index in [1.807, 2.05) is 12.1 Å². The van der Waals surface area contributed by atoms with E-state index in [0.717, 1.165) is 24.5 Å². The summed E-state index contributed by atoms with van der Waals surface area (Å²) in [6.07, 6.45) is 4.65. The second kappa shape index (κ2) is 8.91. The lowest BCUT2D eigenvalue weighted by Gasteiger charge is -2.29. The van der Waals surface area contributed by atoms with Crippen molar-refractivity contribution in [1.29, 1.82) is 0 Å². The molecule has 0 saturated carbocycles. The van der Waals surface area contributed by atoms with Crippen LogP contribution in [0.15, 0.2) is 48.7 Å². The molecule has 1 N–H and O–H groups in total. The Balaban J connectivity index is 1.61. The van der Waals surface area contributed by atoms with Gasteiger partial charge in [0.25, 0.3) is 5.69 Å². The van der Waals surface area contributed by atoms with Crippen LogP contribution in [0.3, 0.4) is 0 Å². The standard InChI is InChI=1S/C19H20N4O4/c24-18(7-6-15-3-1-5-17(13-15)23(25)26)21-14-16-4-2-8-20-19(16)22-9-11-27-12-10-22/h1-8,13H,9-12,14H2,(H,21,24). The second-order valence-corrected chi connectivity index (χ2v) is 5.99. The first-order chi connectivity index (χ1) is 13.1. The number of carbonyl (C=O) groups excluding carboxylic acids is 1. The number of hydrogen-bond donors (Lipinski definition) is 1. The maximum Gasteiger partial charge on any atom is 0.270 e. The molecular weight excluding hydrogens is 348 g/mol. The van der Waals surface area contributed by atoms with Gasteiger partial charge in [0.15, 0.2) is 0 Å². The minimum absolute atomic E-state index is 0.0110. The van der Waals surface area contributed by atoms with Crippen LogP contribution < -0.4 is 10.2 Å². The summed E-state index contributed by atoms with van der Waals surface area (Å²) in [5.41, 5.74) is 1.51. The van der Waals surface area contributed by atoms with Crippen LogP contribution in [0.5, 0.6) is 0 Å². The van der Waals surface area contributed by atoms with E-state index in [2.05, 4.69) is 15.2 Å². The molecule has 1 aliphatic rings. The minimum Gasteiger partial charge on any atom is -0.378 e. The summed E-state index contributed by atoms with van der Waals surface area (Å²) in [6.45, 7) is 3.20. The van der Waals surface area contributed by atoms with Crippen molar-refractivity contribution in [1.82, 2.24) is 10.3 Å². The summed E-state index contributed by atoms with van der Waals surface area (Å²) in [5, 5.41) is 13.6. The van der Waals surface area contributed by atoms with E-state index in [-0.39, 0.29) is 11.6 Å². The van der Waals surface area contributed by atoms with E-state index >= 15 is 0 Å². The molecule has 0 radical (unpaired) electrons. The lowest BCUT2D eigenvalue weighted by atomic mass is 10.2. The van der Waals surface area contributed by atoms with Gasteiger partial charge in [-0.3, -0.25) is 14.9 Å². The third-order valence-electron chi connectivity index (χ3n) is 4.14. The number of pyridine rings is 1. The summed E-state index contributed by atoms with van der Waals surface area (Å²) in [5.74, 6) is 0.571. The van der Waals surface area contributed by atoms with E-state index in [0.29, 0.717) is 25.3 Å². The molecule has 2 aromatic rings. The highest BCUT2D eigenvalue weighted by atomic mass is 16.6. The number of nitrogens with one attached hydrogen (secondary N) is 1. The summed E-state index contributed by atoms with van der Waals surface area (Å²) in [7, 11) is 0. The van der Waals surface area contributed by atoms with Gasteiger partial charge in [0.2, 0.25) is 5.91 Å². The molecule has 1 amide bonds. The SMILES string of the molecule is O=C(C=Cc1cccc([N+](=O)[O-])c1)NCc1cccnc1N1CCOCC1. The molecule has 2 heterocycles. The highest BCUT2D eigenvalue weighted by Gasteiger charge is 2.15. The monoisotopic (exact) mass is 368 g/mol. The smallest absolute Gasteiger partial charge is 0.270 e. The third-order valence-corrected chi connectivity index (χ3v) is 4.14. The molecule has 0 spiro atoms. The fourth-order valence-electron chi connectivity index (χ4n) is 2.78. The maximum absolute atomic E-state index is 12.1. The molecule has 140 valence electrons. The maximum atomic E-state index is 12.1. The summed E-state index contributed by atoms with van der Waals surface area (Å²) < 4.78 is 5.37. The van der Waals surface area contributed by atoms with Gasteiger partial charge in [0, 0.05) is 49.6 Å². The Kier molecular flexibility index (Phi) is 6.11. The van der Waals surface area contributed by atoms with Crippen LogP contribution in [0.1, 0.15) is 11.1 Å². The molecular formula is C19H20N4O4. The Morgan fingerprint density at radius 2 is 2.11 bits per heavy atom. The second-order valence-electron chi connectivity index (χ2n) is 5.99. The Morgan fingerprint density at radius 3 is 2.89 bits per heavy atom. The molecule has 8 heteroatoms. The van der Waals surface area contributed by atoms with Crippen LogP contribution in [0.4, 0.5) is 11.5 Å². The zero-order valence-electron chi connectivity index (χ0n) is 14.7. The van der Waals surface area contributed by atoms with Crippen molar-refractivity contribution in [2.45, 2.75) is 6.54 Å². The van der Waals surface area contributed by atoms with Gasteiger partial charge in [0.05, 0.1) is 18.1 Å². The van der Waals surface area contributed by atoms with Crippen molar-refractivity contribution in [3.8, 4) is 0 Å². The molecule has 8 nitrogen and oxygen atoms in total. The minimum atomic E-state index is -0.465. The number of nitro groups is 1. The van der Waals surface area contributed by atoms with Crippen LogP contribution in [-0.2, 0) is 16.1 Å². The van der Waals surface area contributed by atoms with Gasteiger partial charge in [-0.2, -0.15) is 0 Å². The van der Waals surface area contributed by atoms with Gasteiger partial charge in [-0.15, -0.1) is 0 Å². The number of aromatic nitrogens is 1. The number of non-ortho nitro benzene ring substituents is 1. The molecule has 1 aromatic carbocycles. The lowest BCUT2D eigenvalue weighted by Crippen LogP contribution is -2.37. The zero-order valence-corrected chi connectivity index (χ0v) is 14.7. The van der Waals surface area contributed by atoms with E-state index < -0.39 is 4.92 Å². The molecule has 0 unspecified atom stereocenters. The van der Waals surface area contributed by atoms with Crippen molar-refractivity contribution < 1.29 is 14.5 Å². The highest BCUT2D eigenvalue weighted by Crippen LogP contribution is 2.18. The van der Waals surface area contributed by atoms with Crippen molar-refractivity contribution in [2.24, 2.45) is 0 Å². The number of morpholine rings is 1. The van der Waals surface area contributed by atoms with Crippen LogP contribution >= 0.6 is 0 Å². The number of benzene rings is 1. The van der Waals surface area contributed by atoms with Crippen molar-refractivity contribution in [3.05, 3.63) is 69.9 Å². The van der Waals surface area contributed by atoms with Gasteiger partial charge < -0.3 is 15.0 Å². The van der Waals surface area contributed by atoms with Gasteiger partial charge in [-0.05, 0) is 17.7 Å². The summed E-state index contributed by atoms with van der Waals surface area (Å²) in [6, 6.07) is 9.88. The molecule has 1 aliphatic heterocycles. The Labute approximate surface area is 156 Å².